The van der Waals surface area contributed by atoms with Crippen molar-refractivity contribution in [2.24, 2.45) is 0 Å². The maximum Gasteiger partial charge on any atom is 0.246 e. The zero-order chi connectivity index (χ0) is 25.9. The minimum Gasteiger partial charge on any atom is -0.496 e. The van der Waals surface area contributed by atoms with Crippen molar-refractivity contribution in [3.05, 3.63) is 84.1 Å². The van der Waals surface area contributed by atoms with E-state index >= 15 is 0 Å². The quantitative estimate of drug-likeness (QED) is 0.299. The number of aryl methyl sites for hydroxylation is 1. The van der Waals surface area contributed by atoms with Crippen LogP contribution in [0.5, 0.6) is 11.5 Å². The second kappa shape index (κ2) is 10.4. The predicted octanol–water partition coefficient (Wildman–Crippen LogP) is 6.18. The number of hydrogen-bond donors (Lipinski definition) is 0. The van der Waals surface area contributed by atoms with Crippen molar-refractivity contribution >= 4 is 28.1 Å². The molecule has 1 saturated heterocycles. The molecule has 0 spiro atoms. The molecular formula is C31H32N2O4. The summed E-state index contributed by atoms with van der Waals surface area (Å²) in [6.07, 6.45) is 3.52. The van der Waals surface area contributed by atoms with Gasteiger partial charge in [0.05, 0.1) is 26.2 Å². The highest BCUT2D eigenvalue weighted by atomic mass is 16.5. The Kier molecular flexibility index (Phi) is 6.91. The van der Waals surface area contributed by atoms with Crippen molar-refractivity contribution in [3.63, 3.8) is 0 Å². The molecule has 1 fully saturated rings. The van der Waals surface area contributed by atoms with Crippen LogP contribution in [0.2, 0.25) is 0 Å². The Morgan fingerprint density at radius 2 is 1.65 bits per heavy atom. The van der Waals surface area contributed by atoms with Gasteiger partial charge in [0.15, 0.2) is 0 Å². The van der Waals surface area contributed by atoms with Gasteiger partial charge in [-0.1, -0.05) is 42.5 Å². The average Bonchev–Trinajstić information content (AvgIpc) is 3.38. The molecule has 1 aliphatic heterocycles. The van der Waals surface area contributed by atoms with Crippen LogP contribution < -0.4 is 14.4 Å². The first-order valence-corrected chi connectivity index (χ1v) is 12.5. The molecule has 5 rings (SSSR count). The summed E-state index contributed by atoms with van der Waals surface area (Å²) in [4.78, 5) is 17.5. The lowest BCUT2D eigenvalue weighted by Gasteiger charge is -2.36. The monoisotopic (exact) mass is 496 g/mol. The number of hydrogen-bond acceptors (Lipinski definition) is 5. The van der Waals surface area contributed by atoms with Crippen LogP contribution in [-0.4, -0.2) is 51.2 Å². The van der Waals surface area contributed by atoms with Gasteiger partial charge in [0.25, 0.3) is 0 Å². The Hall–Kier alpha value is -4.19. The summed E-state index contributed by atoms with van der Waals surface area (Å²) in [5.41, 5.74) is 6.64. The maximum absolute atomic E-state index is 13.3. The van der Waals surface area contributed by atoms with Gasteiger partial charge in [-0.2, -0.15) is 0 Å². The molecule has 1 aliphatic rings. The third kappa shape index (κ3) is 4.67. The number of carbonyl (C=O) groups is 1. The normalized spacial score (nSPS) is 14.2. The SMILES string of the molecule is COc1ccccc1N1CCN(C(=O)/C=C(\C)c2cc3c(-c4ccccc4)coc3c(C)c2OC)CC1. The molecule has 1 aromatic heterocycles. The molecule has 0 unspecified atom stereocenters. The van der Waals surface area contributed by atoms with Crippen molar-refractivity contribution in [2.45, 2.75) is 13.8 Å². The zero-order valence-corrected chi connectivity index (χ0v) is 21.8. The number of amides is 1. The molecule has 1 amide bonds. The van der Waals surface area contributed by atoms with Crippen LogP contribution in [0, 0.1) is 6.92 Å². The van der Waals surface area contributed by atoms with E-state index in [1.807, 2.05) is 55.1 Å². The molecule has 190 valence electrons. The van der Waals surface area contributed by atoms with Gasteiger partial charge in [-0.15, -0.1) is 0 Å². The number of allylic oxidation sites excluding steroid dienone is 1. The van der Waals surface area contributed by atoms with Crippen LogP contribution >= 0.6 is 0 Å². The third-order valence-corrected chi connectivity index (χ3v) is 7.11. The van der Waals surface area contributed by atoms with Crippen molar-refractivity contribution in [1.82, 2.24) is 4.90 Å². The van der Waals surface area contributed by atoms with Crippen molar-refractivity contribution in [1.29, 1.82) is 0 Å². The van der Waals surface area contributed by atoms with E-state index in [4.69, 9.17) is 13.9 Å². The first kappa shape index (κ1) is 24.5. The van der Waals surface area contributed by atoms with Crippen LogP contribution in [0.3, 0.4) is 0 Å². The molecule has 4 aromatic rings. The highest BCUT2D eigenvalue weighted by Crippen LogP contribution is 2.40. The van der Waals surface area contributed by atoms with Crippen LogP contribution in [-0.2, 0) is 4.79 Å². The van der Waals surface area contributed by atoms with Crippen LogP contribution in [0.4, 0.5) is 5.69 Å². The number of methoxy groups -OCH3 is 2. The fourth-order valence-corrected chi connectivity index (χ4v) is 5.13. The molecule has 0 aliphatic carbocycles. The lowest BCUT2D eigenvalue weighted by molar-refractivity contribution is -0.126. The molecule has 37 heavy (non-hydrogen) atoms. The lowest BCUT2D eigenvalue weighted by atomic mass is 9.96. The molecule has 3 aromatic carbocycles. The number of benzene rings is 3. The van der Waals surface area contributed by atoms with Gasteiger partial charge in [0.2, 0.25) is 5.91 Å². The number of carbonyl (C=O) groups excluding carboxylic acids is 1. The number of furan rings is 1. The summed E-state index contributed by atoms with van der Waals surface area (Å²) >= 11 is 0. The van der Waals surface area contributed by atoms with Crippen molar-refractivity contribution in [3.8, 4) is 22.6 Å². The van der Waals surface area contributed by atoms with E-state index in [0.29, 0.717) is 13.1 Å². The van der Waals surface area contributed by atoms with Gasteiger partial charge in [-0.3, -0.25) is 4.79 Å². The van der Waals surface area contributed by atoms with E-state index in [1.54, 1.807) is 26.6 Å². The Balaban J connectivity index is 1.40. The van der Waals surface area contributed by atoms with E-state index in [9.17, 15) is 4.79 Å². The first-order chi connectivity index (χ1) is 18.0. The number of para-hydroxylation sites is 2. The number of piperazine rings is 1. The summed E-state index contributed by atoms with van der Waals surface area (Å²) in [7, 11) is 3.34. The summed E-state index contributed by atoms with van der Waals surface area (Å²) in [5.74, 6) is 1.58. The highest BCUT2D eigenvalue weighted by Gasteiger charge is 2.23. The highest BCUT2D eigenvalue weighted by molar-refractivity contribution is 6.01. The zero-order valence-electron chi connectivity index (χ0n) is 21.8. The second-order valence-electron chi connectivity index (χ2n) is 9.29. The summed E-state index contributed by atoms with van der Waals surface area (Å²) in [6, 6.07) is 20.3. The Morgan fingerprint density at radius 1 is 0.946 bits per heavy atom. The summed E-state index contributed by atoms with van der Waals surface area (Å²) < 4.78 is 17.3. The van der Waals surface area contributed by atoms with E-state index in [0.717, 1.165) is 69.1 Å². The Morgan fingerprint density at radius 3 is 2.35 bits per heavy atom. The minimum atomic E-state index is 0.00690. The largest absolute Gasteiger partial charge is 0.496 e. The molecule has 6 nitrogen and oxygen atoms in total. The third-order valence-electron chi connectivity index (χ3n) is 7.11. The molecule has 0 radical (unpaired) electrons. The molecule has 0 saturated carbocycles. The number of anilines is 1. The number of fused-ring (bicyclic) bond motifs is 1. The van der Waals surface area contributed by atoms with Gasteiger partial charge in [0.1, 0.15) is 17.1 Å². The summed E-state index contributed by atoms with van der Waals surface area (Å²) in [6.45, 7) is 6.76. The fraction of sp³-hybridized carbons (Fsp3) is 0.258. The van der Waals surface area contributed by atoms with E-state index in [-0.39, 0.29) is 5.91 Å². The van der Waals surface area contributed by atoms with Gasteiger partial charge in [0, 0.05) is 54.3 Å². The molecular weight excluding hydrogens is 464 g/mol. The van der Waals surface area contributed by atoms with Gasteiger partial charge in [-0.25, -0.2) is 0 Å². The molecule has 6 heteroatoms. The molecule has 0 atom stereocenters. The van der Waals surface area contributed by atoms with E-state index < -0.39 is 0 Å². The molecule has 0 bridgehead atoms. The summed E-state index contributed by atoms with van der Waals surface area (Å²) in [5, 5.41) is 1.00. The van der Waals surface area contributed by atoms with Crippen LogP contribution in [0.15, 0.2) is 77.4 Å². The van der Waals surface area contributed by atoms with Gasteiger partial charge < -0.3 is 23.7 Å². The number of nitrogens with zero attached hydrogens (tertiary/aromatic N) is 2. The van der Waals surface area contributed by atoms with E-state index in [2.05, 4.69) is 29.2 Å². The number of ether oxygens (including phenoxy) is 2. The Labute approximate surface area is 217 Å². The molecule has 0 N–H and O–H groups in total. The van der Waals surface area contributed by atoms with Crippen molar-refractivity contribution in [2.75, 3.05) is 45.3 Å². The average molecular weight is 497 g/mol. The molecule has 2 heterocycles. The maximum atomic E-state index is 13.3. The van der Waals surface area contributed by atoms with Crippen molar-refractivity contribution < 1.29 is 18.7 Å². The standard InChI is InChI=1S/C31H32N2O4/c1-21(18-29(34)33-16-14-32(15-17-33)27-12-8-9-13-28(27)35-3)24-19-25-26(23-10-6-5-7-11-23)20-37-31(25)22(2)30(24)36-4/h5-13,18-20H,14-17H2,1-4H3/b21-18+. The topological polar surface area (TPSA) is 55.2 Å². The smallest absolute Gasteiger partial charge is 0.246 e. The van der Waals surface area contributed by atoms with Crippen LogP contribution in [0.25, 0.3) is 27.7 Å². The van der Waals surface area contributed by atoms with Gasteiger partial charge >= 0.3 is 0 Å². The lowest BCUT2D eigenvalue weighted by Crippen LogP contribution is -2.48. The Bertz CT molecular complexity index is 1450. The van der Waals surface area contributed by atoms with Gasteiger partial charge in [-0.05, 0) is 43.2 Å². The predicted molar refractivity (Wildman–Crippen MR) is 148 cm³/mol. The van der Waals surface area contributed by atoms with E-state index in [1.165, 1.54) is 0 Å². The minimum absolute atomic E-state index is 0.00690. The first-order valence-electron chi connectivity index (χ1n) is 12.5. The number of rotatable bonds is 6. The second-order valence-corrected chi connectivity index (χ2v) is 9.29. The van der Waals surface area contributed by atoms with Crippen LogP contribution in [0.1, 0.15) is 18.1 Å². The fourth-order valence-electron chi connectivity index (χ4n) is 5.13.